The van der Waals surface area contributed by atoms with Crippen LogP contribution < -0.4 is 4.74 Å². The number of Topliss-reactive ketones (excluding diaryl/α,β-unsaturated/α-hetero) is 1. The van der Waals surface area contributed by atoms with Crippen molar-refractivity contribution < 1.29 is 24.2 Å². The van der Waals surface area contributed by atoms with Crippen LogP contribution in [0.3, 0.4) is 0 Å². The molecule has 6 nitrogen and oxygen atoms in total. The van der Waals surface area contributed by atoms with E-state index >= 15 is 0 Å². The minimum atomic E-state index is -0.735. The predicted octanol–water partition coefficient (Wildman–Crippen LogP) is 4.94. The standard InChI is InChI=1S/C27H25NO5/c1-32-17-9-16-28-24(20-12-8-15-22(18-20)33-21-13-6-3-7-14-21)23(26(30)27(28)31)25(29)19-10-4-2-5-11-19/h2-8,10-15,18,24,29H,9,16-17H2,1H3/t24-/m1/s1. The molecule has 0 aliphatic carbocycles. The van der Waals surface area contributed by atoms with Gasteiger partial charge in [-0.15, -0.1) is 0 Å². The fourth-order valence-electron chi connectivity index (χ4n) is 3.96. The first kappa shape index (κ1) is 22.3. The summed E-state index contributed by atoms with van der Waals surface area (Å²) in [5, 5.41) is 11.1. The van der Waals surface area contributed by atoms with Crippen LogP contribution in [0, 0.1) is 0 Å². The summed E-state index contributed by atoms with van der Waals surface area (Å²) in [6.45, 7) is 0.768. The molecule has 0 radical (unpaired) electrons. The number of benzene rings is 3. The molecule has 6 heteroatoms. The first-order valence-electron chi connectivity index (χ1n) is 10.8. The minimum Gasteiger partial charge on any atom is -0.507 e. The zero-order valence-corrected chi connectivity index (χ0v) is 18.3. The zero-order valence-electron chi connectivity index (χ0n) is 18.3. The second-order valence-electron chi connectivity index (χ2n) is 7.69. The molecule has 3 aromatic carbocycles. The molecule has 0 saturated carbocycles. The Kier molecular flexibility index (Phi) is 6.86. The molecular weight excluding hydrogens is 418 g/mol. The molecule has 4 rings (SSSR count). The summed E-state index contributed by atoms with van der Waals surface area (Å²) < 4.78 is 11.1. The van der Waals surface area contributed by atoms with Crippen LogP contribution in [0.5, 0.6) is 11.5 Å². The number of carbonyl (C=O) groups is 2. The van der Waals surface area contributed by atoms with E-state index in [0.29, 0.717) is 42.2 Å². The van der Waals surface area contributed by atoms with E-state index in [0.717, 1.165) is 0 Å². The Labute approximate surface area is 192 Å². The van der Waals surface area contributed by atoms with E-state index in [9.17, 15) is 14.7 Å². The number of amides is 1. The molecule has 33 heavy (non-hydrogen) atoms. The quantitative estimate of drug-likeness (QED) is 0.231. The van der Waals surface area contributed by atoms with Crippen molar-refractivity contribution in [3.8, 4) is 11.5 Å². The molecule has 1 fully saturated rings. The van der Waals surface area contributed by atoms with Crippen molar-refractivity contribution in [2.75, 3.05) is 20.3 Å². The van der Waals surface area contributed by atoms with Crippen LogP contribution in [0.4, 0.5) is 0 Å². The number of carbonyl (C=O) groups excluding carboxylic acids is 2. The van der Waals surface area contributed by atoms with Gasteiger partial charge < -0.3 is 19.5 Å². The third kappa shape index (κ3) is 4.81. The lowest BCUT2D eigenvalue weighted by atomic mass is 9.95. The summed E-state index contributed by atoms with van der Waals surface area (Å²) >= 11 is 0. The maximum Gasteiger partial charge on any atom is 0.295 e. The van der Waals surface area contributed by atoms with Gasteiger partial charge in [0, 0.05) is 25.8 Å². The van der Waals surface area contributed by atoms with Crippen molar-refractivity contribution in [2.24, 2.45) is 0 Å². The molecule has 1 heterocycles. The van der Waals surface area contributed by atoms with Crippen LogP contribution in [-0.2, 0) is 14.3 Å². The van der Waals surface area contributed by atoms with Crippen LogP contribution in [0.2, 0.25) is 0 Å². The molecule has 0 unspecified atom stereocenters. The number of aliphatic hydroxyl groups excluding tert-OH is 1. The number of ether oxygens (including phenoxy) is 2. The maximum absolute atomic E-state index is 13.1. The minimum absolute atomic E-state index is 0.0699. The van der Waals surface area contributed by atoms with Crippen molar-refractivity contribution in [2.45, 2.75) is 12.5 Å². The van der Waals surface area contributed by atoms with Crippen molar-refractivity contribution in [1.29, 1.82) is 0 Å². The molecule has 0 spiro atoms. The highest BCUT2D eigenvalue weighted by atomic mass is 16.5. The summed E-state index contributed by atoms with van der Waals surface area (Å²) in [6, 6.07) is 24.6. The highest BCUT2D eigenvalue weighted by molar-refractivity contribution is 6.46. The SMILES string of the molecule is COCCCN1C(=O)C(=O)C(=C(O)c2ccccc2)[C@H]1c1cccc(Oc2ccccc2)c1. The smallest absolute Gasteiger partial charge is 0.295 e. The predicted molar refractivity (Wildman–Crippen MR) is 125 cm³/mol. The number of methoxy groups -OCH3 is 1. The molecule has 1 aliphatic heterocycles. The second kappa shape index (κ2) is 10.1. The Morgan fingerprint density at radius 3 is 2.27 bits per heavy atom. The number of para-hydroxylation sites is 1. The van der Waals surface area contributed by atoms with E-state index in [-0.39, 0.29) is 11.3 Å². The number of ketones is 1. The third-order valence-electron chi connectivity index (χ3n) is 5.49. The van der Waals surface area contributed by atoms with Crippen molar-refractivity contribution in [3.63, 3.8) is 0 Å². The van der Waals surface area contributed by atoms with Crippen LogP contribution in [0.25, 0.3) is 5.76 Å². The lowest BCUT2D eigenvalue weighted by molar-refractivity contribution is -0.140. The highest BCUT2D eigenvalue weighted by Gasteiger charge is 2.45. The molecule has 1 atom stereocenters. The van der Waals surface area contributed by atoms with Gasteiger partial charge in [-0.05, 0) is 36.2 Å². The Hall–Kier alpha value is -3.90. The molecule has 168 valence electrons. The number of hydrogen-bond acceptors (Lipinski definition) is 5. The van der Waals surface area contributed by atoms with Gasteiger partial charge >= 0.3 is 0 Å². The van der Waals surface area contributed by atoms with Gasteiger partial charge in [-0.3, -0.25) is 9.59 Å². The fourth-order valence-corrected chi connectivity index (χ4v) is 3.96. The van der Waals surface area contributed by atoms with Crippen LogP contribution in [0.15, 0.2) is 90.5 Å². The largest absolute Gasteiger partial charge is 0.507 e. The Bertz CT molecular complexity index is 1160. The van der Waals surface area contributed by atoms with Gasteiger partial charge in [0.2, 0.25) is 0 Å². The molecule has 1 N–H and O–H groups in total. The Balaban J connectivity index is 1.77. The van der Waals surface area contributed by atoms with Gasteiger partial charge in [0.1, 0.15) is 17.3 Å². The van der Waals surface area contributed by atoms with E-state index in [1.165, 1.54) is 4.90 Å². The normalized spacial score (nSPS) is 17.4. The lowest BCUT2D eigenvalue weighted by Gasteiger charge is -2.25. The average molecular weight is 443 g/mol. The molecule has 1 aliphatic rings. The zero-order chi connectivity index (χ0) is 23.2. The lowest BCUT2D eigenvalue weighted by Crippen LogP contribution is -2.31. The molecule has 1 amide bonds. The topological polar surface area (TPSA) is 76.1 Å². The van der Waals surface area contributed by atoms with Gasteiger partial charge in [-0.1, -0.05) is 60.7 Å². The second-order valence-corrected chi connectivity index (χ2v) is 7.69. The first-order valence-corrected chi connectivity index (χ1v) is 10.8. The Morgan fingerprint density at radius 1 is 0.909 bits per heavy atom. The number of nitrogens with zero attached hydrogens (tertiary/aromatic N) is 1. The molecule has 0 aromatic heterocycles. The van der Waals surface area contributed by atoms with Crippen molar-refractivity contribution in [1.82, 2.24) is 4.90 Å². The number of rotatable bonds is 8. The van der Waals surface area contributed by atoms with Crippen molar-refractivity contribution in [3.05, 3.63) is 102 Å². The number of aliphatic hydroxyl groups is 1. The first-order chi connectivity index (χ1) is 16.1. The number of hydrogen-bond donors (Lipinski definition) is 1. The summed E-state index contributed by atoms with van der Waals surface area (Å²) in [6.07, 6.45) is 0.561. The van der Waals surface area contributed by atoms with Gasteiger partial charge in [0.15, 0.2) is 0 Å². The van der Waals surface area contributed by atoms with Crippen molar-refractivity contribution >= 4 is 17.4 Å². The summed E-state index contributed by atoms with van der Waals surface area (Å²) in [4.78, 5) is 27.5. The fraction of sp³-hybridized carbons (Fsp3) is 0.185. The average Bonchev–Trinajstić information content (AvgIpc) is 3.10. The summed E-state index contributed by atoms with van der Waals surface area (Å²) in [7, 11) is 1.59. The van der Waals surface area contributed by atoms with Crippen LogP contribution in [-0.4, -0.2) is 42.0 Å². The van der Waals surface area contributed by atoms with Gasteiger partial charge in [-0.25, -0.2) is 0 Å². The van der Waals surface area contributed by atoms with E-state index in [2.05, 4.69) is 0 Å². The van der Waals surface area contributed by atoms with Crippen LogP contribution >= 0.6 is 0 Å². The Morgan fingerprint density at radius 2 is 1.58 bits per heavy atom. The summed E-state index contributed by atoms with van der Waals surface area (Å²) in [5.74, 6) is -0.285. The maximum atomic E-state index is 13.1. The van der Waals surface area contributed by atoms with Gasteiger partial charge in [0.25, 0.3) is 11.7 Å². The van der Waals surface area contributed by atoms with E-state index < -0.39 is 17.7 Å². The highest BCUT2D eigenvalue weighted by Crippen LogP contribution is 2.40. The van der Waals surface area contributed by atoms with Crippen LogP contribution in [0.1, 0.15) is 23.6 Å². The summed E-state index contributed by atoms with van der Waals surface area (Å²) in [5.41, 5.74) is 1.23. The molecule has 0 bridgehead atoms. The van der Waals surface area contributed by atoms with E-state index in [4.69, 9.17) is 9.47 Å². The van der Waals surface area contributed by atoms with Gasteiger partial charge in [-0.2, -0.15) is 0 Å². The number of likely N-dealkylation sites (tertiary alicyclic amines) is 1. The van der Waals surface area contributed by atoms with Gasteiger partial charge in [0.05, 0.1) is 11.6 Å². The monoisotopic (exact) mass is 443 g/mol. The molecule has 3 aromatic rings. The third-order valence-corrected chi connectivity index (χ3v) is 5.49. The molecular formula is C27H25NO5. The molecule has 1 saturated heterocycles. The van der Waals surface area contributed by atoms with E-state index in [1.807, 2.05) is 54.6 Å². The van der Waals surface area contributed by atoms with E-state index in [1.54, 1.807) is 37.4 Å².